The number of thiophene rings is 2. The molecule has 2 heteroatoms. The Morgan fingerprint density at radius 1 is 0.472 bits per heavy atom. The predicted molar refractivity (Wildman–Crippen MR) is 165 cm³/mol. The molecule has 188 valence electrons. The van der Waals surface area contributed by atoms with Gasteiger partial charge in [-0.25, -0.2) is 0 Å². The van der Waals surface area contributed by atoms with Crippen LogP contribution in [0.1, 0.15) is 89.2 Å². The summed E-state index contributed by atoms with van der Waals surface area (Å²) in [5.74, 6) is 0. The molecule has 0 saturated carbocycles. The first-order valence-corrected chi connectivity index (χ1v) is 15.9. The maximum Gasteiger partial charge on any atom is 0.0542 e. The molecule has 5 rings (SSSR count). The quantitative estimate of drug-likeness (QED) is 0.138. The molecule has 0 fully saturated rings. The molecule has 2 aromatic heterocycles. The zero-order valence-corrected chi connectivity index (χ0v) is 23.7. The highest BCUT2D eigenvalue weighted by atomic mass is 32.1. The predicted octanol–water partition coefficient (Wildman–Crippen LogP) is 12.0. The van der Waals surface area contributed by atoms with Crippen molar-refractivity contribution in [3.63, 3.8) is 0 Å². The molecular formula is C34H40S2. The van der Waals surface area contributed by atoms with E-state index in [4.69, 9.17) is 0 Å². The molecule has 3 aromatic carbocycles. The Morgan fingerprint density at radius 3 is 1.69 bits per heavy atom. The Labute approximate surface area is 225 Å². The average molecular weight is 513 g/mol. The van der Waals surface area contributed by atoms with Crippen molar-refractivity contribution < 1.29 is 0 Å². The van der Waals surface area contributed by atoms with Crippen LogP contribution in [-0.2, 0) is 12.8 Å². The van der Waals surface area contributed by atoms with E-state index < -0.39 is 0 Å². The minimum atomic E-state index is 1.19. The molecule has 0 atom stereocenters. The molecule has 36 heavy (non-hydrogen) atoms. The highest BCUT2D eigenvalue weighted by Crippen LogP contribution is 2.45. The summed E-state index contributed by atoms with van der Waals surface area (Å²) in [5.41, 5.74) is 5.61. The van der Waals surface area contributed by atoms with Gasteiger partial charge in [-0.3, -0.25) is 0 Å². The van der Waals surface area contributed by atoms with Crippen molar-refractivity contribution in [3.05, 3.63) is 71.8 Å². The van der Waals surface area contributed by atoms with Crippen molar-refractivity contribution in [2.45, 2.75) is 90.9 Å². The Balaban J connectivity index is 1.27. The molecule has 0 spiro atoms. The van der Waals surface area contributed by atoms with Crippen LogP contribution in [0.2, 0.25) is 0 Å². The zero-order chi connectivity index (χ0) is 24.7. The fourth-order valence-corrected chi connectivity index (χ4v) is 8.10. The van der Waals surface area contributed by atoms with Crippen LogP contribution in [0.5, 0.6) is 0 Å². The van der Waals surface area contributed by atoms with Crippen LogP contribution < -0.4 is 0 Å². The van der Waals surface area contributed by atoms with Gasteiger partial charge in [0.1, 0.15) is 0 Å². The van der Waals surface area contributed by atoms with Gasteiger partial charge >= 0.3 is 0 Å². The molecule has 0 aliphatic heterocycles. The Morgan fingerprint density at radius 2 is 1.00 bits per heavy atom. The minimum Gasteiger partial charge on any atom is -0.134 e. The van der Waals surface area contributed by atoms with Crippen molar-refractivity contribution in [1.29, 1.82) is 0 Å². The normalized spacial score (nSPS) is 11.8. The smallest absolute Gasteiger partial charge is 0.0542 e. The van der Waals surface area contributed by atoms with Crippen LogP contribution in [0.25, 0.3) is 40.7 Å². The second-order valence-corrected chi connectivity index (χ2v) is 12.5. The monoisotopic (exact) mass is 512 g/mol. The van der Waals surface area contributed by atoms with Crippen molar-refractivity contribution in [3.8, 4) is 11.1 Å². The highest BCUT2D eigenvalue weighted by Gasteiger charge is 2.13. The zero-order valence-electron chi connectivity index (χ0n) is 22.1. The van der Waals surface area contributed by atoms with Crippen LogP contribution in [0, 0.1) is 0 Å². The first kappa shape index (κ1) is 25.5. The van der Waals surface area contributed by atoms with Crippen LogP contribution >= 0.6 is 22.7 Å². The van der Waals surface area contributed by atoms with E-state index in [2.05, 4.69) is 74.5 Å². The average Bonchev–Trinajstić information content (AvgIpc) is 3.44. The lowest BCUT2D eigenvalue weighted by molar-refractivity contribution is 0.575. The Hall–Kier alpha value is -2.16. The van der Waals surface area contributed by atoms with Gasteiger partial charge in [0, 0.05) is 20.2 Å². The minimum absolute atomic E-state index is 1.19. The third-order valence-corrected chi connectivity index (χ3v) is 10.1. The van der Waals surface area contributed by atoms with Gasteiger partial charge in [-0.1, -0.05) is 114 Å². The fourth-order valence-electron chi connectivity index (χ4n) is 5.34. The molecule has 0 aliphatic carbocycles. The summed E-state index contributed by atoms with van der Waals surface area (Å²) in [4.78, 5) is 0. The number of aryl methyl sites for hydroxylation is 2. The fraction of sp³-hybridized carbons (Fsp3) is 0.412. The summed E-state index contributed by atoms with van der Waals surface area (Å²) < 4.78 is 5.81. The molecule has 0 aliphatic rings. The van der Waals surface area contributed by atoms with E-state index in [-0.39, 0.29) is 0 Å². The van der Waals surface area contributed by atoms with Crippen molar-refractivity contribution in [2.75, 3.05) is 0 Å². The van der Waals surface area contributed by atoms with Crippen LogP contribution in [0.4, 0.5) is 0 Å². The molecule has 0 nitrogen and oxygen atoms in total. The van der Waals surface area contributed by atoms with E-state index in [0.717, 1.165) is 0 Å². The third kappa shape index (κ3) is 5.87. The number of benzene rings is 3. The molecule has 0 N–H and O–H groups in total. The largest absolute Gasteiger partial charge is 0.134 e. The van der Waals surface area contributed by atoms with Gasteiger partial charge in [0.2, 0.25) is 0 Å². The lowest BCUT2D eigenvalue weighted by Gasteiger charge is -2.05. The van der Waals surface area contributed by atoms with Gasteiger partial charge in [-0.15, -0.1) is 22.7 Å². The van der Waals surface area contributed by atoms with Crippen LogP contribution in [-0.4, -0.2) is 0 Å². The second-order valence-electron chi connectivity index (χ2n) is 10.4. The van der Waals surface area contributed by atoms with Gasteiger partial charge in [-0.05, 0) is 60.1 Å². The first-order valence-electron chi connectivity index (χ1n) is 14.2. The SMILES string of the molecule is CCCCCCCCCCc1ccc2c(c1)sc1c3ccc(-c4ccc(CCCC)cc4)cc3sc21. The molecule has 5 aromatic rings. The molecule has 0 radical (unpaired) electrons. The van der Waals surface area contributed by atoms with Crippen molar-refractivity contribution >= 4 is 52.2 Å². The van der Waals surface area contributed by atoms with E-state index >= 15 is 0 Å². The van der Waals surface area contributed by atoms with Gasteiger partial charge in [0.15, 0.2) is 0 Å². The first-order chi connectivity index (χ1) is 17.8. The lowest BCUT2D eigenvalue weighted by atomic mass is 10.0. The van der Waals surface area contributed by atoms with Gasteiger partial charge in [0.25, 0.3) is 0 Å². The number of hydrogen-bond acceptors (Lipinski definition) is 2. The Kier molecular flexibility index (Phi) is 8.77. The number of rotatable bonds is 13. The standard InChI is InChI=1S/C34H40S2/c1-3-5-7-8-9-10-11-12-14-26-17-21-29-31(23-26)35-34-30-22-20-28(24-32(30)36-33(29)34)27-18-15-25(16-19-27)13-6-4-2/h15-24H,3-14H2,1-2H3. The van der Waals surface area contributed by atoms with Crippen molar-refractivity contribution in [1.82, 2.24) is 0 Å². The van der Waals surface area contributed by atoms with Crippen molar-refractivity contribution in [2.24, 2.45) is 0 Å². The maximum absolute atomic E-state index is 2.47. The lowest BCUT2D eigenvalue weighted by Crippen LogP contribution is -1.86. The van der Waals surface area contributed by atoms with E-state index in [0.29, 0.717) is 0 Å². The van der Waals surface area contributed by atoms with Gasteiger partial charge in [-0.2, -0.15) is 0 Å². The number of fused-ring (bicyclic) bond motifs is 5. The van der Waals surface area contributed by atoms with E-state index in [1.807, 2.05) is 22.7 Å². The summed E-state index contributed by atoms with van der Waals surface area (Å²) in [5, 5.41) is 2.86. The number of hydrogen-bond donors (Lipinski definition) is 0. The summed E-state index contributed by atoms with van der Waals surface area (Å²) in [7, 11) is 0. The third-order valence-electron chi connectivity index (χ3n) is 7.57. The van der Waals surface area contributed by atoms with Crippen LogP contribution in [0.3, 0.4) is 0 Å². The topological polar surface area (TPSA) is 0 Å². The highest BCUT2D eigenvalue weighted by molar-refractivity contribution is 7.36. The molecule has 0 saturated heterocycles. The second kappa shape index (κ2) is 12.4. The number of unbranched alkanes of at least 4 members (excludes halogenated alkanes) is 8. The van der Waals surface area contributed by atoms with E-state index in [1.165, 1.54) is 129 Å². The van der Waals surface area contributed by atoms with E-state index in [1.54, 1.807) is 0 Å². The molecule has 0 amide bonds. The van der Waals surface area contributed by atoms with Crippen LogP contribution in [0.15, 0.2) is 60.7 Å². The summed E-state index contributed by atoms with van der Waals surface area (Å²) in [6.07, 6.45) is 16.0. The molecular weight excluding hydrogens is 473 g/mol. The van der Waals surface area contributed by atoms with Gasteiger partial charge in [0.05, 0.1) is 9.40 Å². The summed E-state index contributed by atoms with van der Waals surface area (Å²) >= 11 is 3.96. The Bertz CT molecular complexity index is 1400. The molecule has 2 heterocycles. The summed E-state index contributed by atoms with van der Waals surface area (Å²) in [6, 6.07) is 23.5. The summed E-state index contributed by atoms with van der Waals surface area (Å²) in [6.45, 7) is 4.55. The molecule has 0 unspecified atom stereocenters. The van der Waals surface area contributed by atoms with Gasteiger partial charge < -0.3 is 0 Å². The molecule has 0 bridgehead atoms. The maximum atomic E-state index is 2.47. The van der Waals surface area contributed by atoms with E-state index in [9.17, 15) is 0 Å².